The highest BCUT2D eigenvalue weighted by Crippen LogP contribution is 2.41. The predicted molar refractivity (Wildman–Crippen MR) is 103 cm³/mol. The highest BCUT2D eigenvalue weighted by molar-refractivity contribution is 5.88. The number of aliphatic hydroxyl groups is 1. The molecule has 0 atom stereocenters. The molecule has 3 rings (SSSR count). The van der Waals surface area contributed by atoms with E-state index in [1.165, 1.54) is 0 Å². The maximum Gasteiger partial charge on any atom is 0.131 e. The van der Waals surface area contributed by atoms with Crippen molar-refractivity contribution >= 4 is 0 Å². The van der Waals surface area contributed by atoms with E-state index in [2.05, 4.69) is 41.7 Å². The summed E-state index contributed by atoms with van der Waals surface area (Å²) < 4.78 is 5.82. The van der Waals surface area contributed by atoms with Gasteiger partial charge >= 0.3 is 0 Å². The molecule has 0 fully saturated rings. The molecule has 0 heterocycles. The molecule has 3 aromatic rings. The van der Waals surface area contributed by atoms with Crippen molar-refractivity contribution in [3.05, 3.63) is 78.4 Å². The van der Waals surface area contributed by atoms with Crippen molar-refractivity contribution in [2.45, 2.75) is 6.54 Å². The normalized spacial score (nSPS) is 10.6. The summed E-state index contributed by atoms with van der Waals surface area (Å²) in [5.74, 6) is 0.873. The maximum atomic E-state index is 9.00. The van der Waals surface area contributed by atoms with E-state index in [1.807, 2.05) is 36.4 Å². The number of benzene rings is 3. The molecule has 0 unspecified atom stereocenters. The maximum absolute atomic E-state index is 9.00. The third kappa shape index (κ3) is 3.90. The molecule has 128 valence electrons. The largest absolute Gasteiger partial charge is 0.496 e. The van der Waals surface area contributed by atoms with Crippen LogP contribution in [0.3, 0.4) is 0 Å². The molecule has 0 spiro atoms. The lowest BCUT2D eigenvalue weighted by molar-refractivity contribution is 0.291. The Morgan fingerprint density at radius 2 is 1.48 bits per heavy atom. The molecule has 3 nitrogen and oxygen atoms in total. The molecule has 2 N–H and O–H groups in total. The number of aliphatic hydroxyl groups excluding tert-OH is 1. The van der Waals surface area contributed by atoms with Crippen LogP contribution in [0, 0.1) is 0 Å². The van der Waals surface area contributed by atoms with E-state index in [1.54, 1.807) is 7.11 Å². The molecule has 25 heavy (non-hydrogen) atoms. The van der Waals surface area contributed by atoms with Crippen LogP contribution in [-0.2, 0) is 6.54 Å². The van der Waals surface area contributed by atoms with Crippen molar-refractivity contribution in [3.8, 4) is 28.0 Å². The molecule has 0 bridgehead atoms. The lowest BCUT2D eigenvalue weighted by Crippen LogP contribution is -2.18. The van der Waals surface area contributed by atoms with Gasteiger partial charge in [-0.25, -0.2) is 0 Å². The summed E-state index contributed by atoms with van der Waals surface area (Å²) in [5.41, 5.74) is 5.61. The molecule has 0 aliphatic heterocycles. The summed E-state index contributed by atoms with van der Waals surface area (Å²) in [6.45, 7) is 1.33. The van der Waals surface area contributed by atoms with Crippen molar-refractivity contribution in [1.29, 1.82) is 0 Å². The molecule has 0 aliphatic carbocycles. The van der Waals surface area contributed by atoms with E-state index >= 15 is 0 Å². The van der Waals surface area contributed by atoms with Gasteiger partial charge in [-0.3, -0.25) is 0 Å². The van der Waals surface area contributed by atoms with Crippen LogP contribution < -0.4 is 10.1 Å². The summed E-state index contributed by atoms with van der Waals surface area (Å²) in [6.07, 6.45) is 0. The Balaban J connectivity index is 2.16. The Hall–Kier alpha value is -2.62. The minimum Gasteiger partial charge on any atom is -0.496 e. The van der Waals surface area contributed by atoms with Crippen molar-refractivity contribution in [2.24, 2.45) is 0 Å². The molecular formula is C22H23NO2. The molecule has 0 radical (unpaired) electrons. The van der Waals surface area contributed by atoms with E-state index in [-0.39, 0.29) is 6.61 Å². The fraction of sp³-hybridized carbons (Fsp3) is 0.182. The van der Waals surface area contributed by atoms with Crippen molar-refractivity contribution < 1.29 is 9.84 Å². The first kappa shape index (κ1) is 17.2. The number of methoxy groups -OCH3 is 1. The van der Waals surface area contributed by atoms with Gasteiger partial charge in [0.05, 0.1) is 13.7 Å². The summed E-state index contributed by atoms with van der Waals surface area (Å²) in [7, 11) is 1.71. The third-order valence-corrected chi connectivity index (χ3v) is 4.19. The number of hydrogen-bond donors (Lipinski definition) is 2. The van der Waals surface area contributed by atoms with E-state index < -0.39 is 0 Å². The zero-order valence-corrected chi connectivity index (χ0v) is 14.4. The highest BCUT2D eigenvalue weighted by Gasteiger charge is 2.16. The second-order valence-electron chi connectivity index (χ2n) is 5.81. The van der Waals surface area contributed by atoms with Gasteiger partial charge in [0.1, 0.15) is 5.75 Å². The molecule has 0 saturated heterocycles. The molecule has 0 saturated carbocycles. The first-order chi connectivity index (χ1) is 12.3. The Kier molecular flexibility index (Phi) is 5.83. The topological polar surface area (TPSA) is 41.5 Å². The second-order valence-corrected chi connectivity index (χ2v) is 5.81. The summed E-state index contributed by atoms with van der Waals surface area (Å²) >= 11 is 0. The average molecular weight is 333 g/mol. The lowest BCUT2D eigenvalue weighted by Gasteiger charge is -2.19. The Morgan fingerprint density at radius 3 is 2.08 bits per heavy atom. The summed E-state index contributed by atoms with van der Waals surface area (Å²) in [4.78, 5) is 0. The van der Waals surface area contributed by atoms with Gasteiger partial charge in [0.2, 0.25) is 0 Å². The highest BCUT2D eigenvalue weighted by atomic mass is 16.5. The van der Waals surface area contributed by atoms with E-state index in [4.69, 9.17) is 9.84 Å². The zero-order chi connectivity index (χ0) is 17.5. The van der Waals surface area contributed by atoms with Crippen LogP contribution in [-0.4, -0.2) is 25.4 Å². The van der Waals surface area contributed by atoms with Crippen molar-refractivity contribution in [1.82, 2.24) is 5.32 Å². The molecule has 0 aromatic heterocycles. The second kappa shape index (κ2) is 8.47. The molecule has 3 aromatic carbocycles. The minimum absolute atomic E-state index is 0.121. The standard InChI is InChI=1S/C22H23NO2/c1-25-22-19(16-23-14-15-24)12-13-20(17-8-4-2-5-9-17)21(22)18-10-6-3-7-11-18/h2-13,23-24H,14-16H2,1H3. The Bertz CT molecular complexity index is 801. The number of rotatable bonds is 7. The summed E-state index contributed by atoms with van der Waals surface area (Å²) in [6, 6.07) is 24.9. The lowest BCUT2D eigenvalue weighted by atomic mass is 9.91. The van der Waals surface area contributed by atoms with Crippen LogP contribution in [0.15, 0.2) is 72.8 Å². The van der Waals surface area contributed by atoms with Gasteiger partial charge in [0.25, 0.3) is 0 Å². The molecular weight excluding hydrogens is 310 g/mol. The van der Waals surface area contributed by atoms with E-state index in [0.717, 1.165) is 33.6 Å². The van der Waals surface area contributed by atoms with Crippen LogP contribution in [0.1, 0.15) is 5.56 Å². The summed E-state index contributed by atoms with van der Waals surface area (Å²) in [5, 5.41) is 12.2. The monoisotopic (exact) mass is 333 g/mol. The van der Waals surface area contributed by atoms with Crippen molar-refractivity contribution in [2.75, 3.05) is 20.3 Å². The number of nitrogens with one attached hydrogen (secondary N) is 1. The van der Waals surface area contributed by atoms with Crippen LogP contribution in [0.4, 0.5) is 0 Å². The van der Waals surface area contributed by atoms with Gasteiger partial charge in [-0.05, 0) is 16.7 Å². The van der Waals surface area contributed by atoms with E-state index in [9.17, 15) is 0 Å². The number of hydrogen-bond acceptors (Lipinski definition) is 3. The van der Waals surface area contributed by atoms with Gasteiger partial charge in [-0.15, -0.1) is 0 Å². The molecule has 0 amide bonds. The zero-order valence-electron chi connectivity index (χ0n) is 14.4. The average Bonchev–Trinajstić information content (AvgIpc) is 2.69. The predicted octanol–water partition coefficient (Wildman–Crippen LogP) is 4.11. The molecule has 0 aliphatic rings. The quantitative estimate of drug-likeness (QED) is 0.639. The van der Waals surface area contributed by atoms with Crippen LogP contribution in [0.25, 0.3) is 22.3 Å². The Morgan fingerprint density at radius 1 is 0.840 bits per heavy atom. The minimum atomic E-state index is 0.121. The number of ether oxygens (including phenoxy) is 1. The SMILES string of the molecule is COc1c(CNCCO)ccc(-c2ccccc2)c1-c1ccccc1. The fourth-order valence-corrected chi connectivity index (χ4v) is 3.05. The van der Waals surface area contributed by atoms with E-state index in [0.29, 0.717) is 13.1 Å². The molecule has 3 heteroatoms. The first-order valence-corrected chi connectivity index (χ1v) is 8.47. The Labute approximate surface area is 148 Å². The van der Waals surface area contributed by atoms with Crippen molar-refractivity contribution in [3.63, 3.8) is 0 Å². The van der Waals surface area contributed by atoms with Crippen LogP contribution >= 0.6 is 0 Å². The van der Waals surface area contributed by atoms with Crippen LogP contribution in [0.5, 0.6) is 5.75 Å². The fourth-order valence-electron chi connectivity index (χ4n) is 3.05. The van der Waals surface area contributed by atoms with Gasteiger partial charge in [-0.2, -0.15) is 0 Å². The van der Waals surface area contributed by atoms with Gasteiger partial charge in [0, 0.05) is 24.2 Å². The van der Waals surface area contributed by atoms with Gasteiger partial charge < -0.3 is 15.2 Å². The first-order valence-electron chi connectivity index (χ1n) is 8.47. The van der Waals surface area contributed by atoms with Crippen LogP contribution in [0.2, 0.25) is 0 Å². The van der Waals surface area contributed by atoms with Gasteiger partial charge in [-0.1, -0.05) is 72.8 Å². The smallest absolute Gasteiger partial charge is 0.131 e. The third-order valence-electron chi connectivity index (χ3n) is 4.19. The van der Waals surface area contributed by atoms with Gasteiger partial charge in [0.15, 0.2) is 0 Å².